The Kier molecular flexibility index (Phi) is 2.39. The third-order valence-corrected chi connectivity index (χ3v) is 1.75. The van der Waals surface area contributed by atoms with Gasteiger partial charge in [0.05, 0.1) is 25.2 Å². The summed E-state index contributed by atoms with van der Waals surface area (Å²) in [4.78, 5) is 0. The topological polar surface area (TPSA) is 29.5 Å². The first-order valence-electron chi connectivity index (χ1n) is 3.33. The van der Waals surface area contributed by atoms with Gasteiger partial charge in [-0.25, -0.2) is 0 Å². The summed E-state index contributed by atoms with van der Waals surface area (Å²) in [6.07, 6.45) is -4.91. The summed E-state index contributed by atoms with van der Waals surface area (Å²) in [5, 5.41) is 8.46. The quantitative estimate of drug-likeness (QED) is 0.634. The van der Waals surface area contributed by atoms with Crippen LogP contribution in [0.25, 0.3) is 0 Å². The summed E-state index contributed by atoms with van der Waals surface area (Å²) in [5.41, 5.74) is 0. The zero-order chi connectivity index (χ0) is 8.48. The van der Waals surface area contributed by atoms with Crippen LogP contribution < -0.4 is 0 Å². The maximum atomic E-state index is 11.9. The molecule has 1 rings (SSSR count). The van der Waals surface area contributed by atoms with Crippen LogP contribution in [-0.4, -0.2) is 30.6 Å². The van der Waals surface area contributed by atoms with Crippen LogP contribution in [0.3, 0.4) is 0 Å². The van der Waals surface area contributed by atoms with E-state index in [1.807, 2.05) is 0 Å². The third-order valence-electron chi connectivity index (χ3n) is 1.75. The van der Waals surface area contributed by atoms with Crippen molar-refractivity contribution in [2.45, 2.75) is 18.7 Å². The molecular formula is C6H9F3O2. The minimum absolute atomic E-state index is 0.111. The Hall–Kier alpha value is -0.290. The molecule has 2 nitrogen and oxygen atoms in total. The van der Waals surface area contributed by atoms with Crippen molar-refractivity contribution >= 4 is 0 Å². The van der Waals surface area contributed by atoms with Gasteiger partial charge in [-0.15, -0.1) is 0 Å². The lowest BCUT2D eigenvalue weighted by Crippen LogP contribution is -2.23. The summed E-state index contributed by atoms with van der Waals surface area (Å²) < 4.78 is 40.4. The van der Waals surface area contributed by atoms with Crippen molar-refractivity contribution in [3.63, 3.8) is 0 Å². The van der Waals surface area contributed by atoms with Crippen LogP contribution in [0.2, 0.25) is 0 Å². The molecule has 1 N–H and O–H groups in total. The van der Waals surface area contributed by atoms with Crippen LogP contribution in [0.1, 0.15) is 6.42 Å². The summed E-state index contributed by atoms with van der Waals surface area (Å²) >= 11 is 0. The Morgan fingerprint density at radius 2 is 2.09 bits per heavy atom. The van der Waals surface area contributed by atoms with Crippen LogP contribution in [-0.2, 0) is 4.74 Å². The number of rotatable bonds is 1. The van der Waals surface area contributed by atoms with Crippen LogP contribution in [0.5, 0.6) is 0 Å². The van der Waals surface area contributed by atoms with E-state index in [0.717, 1.165) is 0 Å². The molecule has 0 amide bonds. The number of hydrogen-bond acceptors (Lipinski definition) is 2. The van der Waals surface area contributed by atoms with Crippen molar-refractivity contribution in [1.29, 1.82) is 0 Å². The minimum atomic E-state index is -4.18. The smallest absolute Gasteiger partial charge is 0.394 e. The van der Waals surface area contributed by atoms with E-state index in [4.69, 9.17) is 5.11 Å². The Morgan fingerprint density at radius 1 is 1.45 bits per heavy atom. The molecule has 0 aromatic heterocycles. The number of aliphatic hydroxyl groups is 1. The highest BCUT2D eigenvalue weighted by atomic mass is 19.4. The van der Waals surface area contributed by atoms with Gasteiger partial charge in [0.15, 0.2) is 0 Å². The SMILES string of the molecule is OC[C@H]1C[C@H](C(F)(F)F)CO1. The van der Waals surface area contributed by atoms with E-state index < -0.39 is 18.2 Å². The maximum Gasteiger partial charge on any atom is 0.394 e. The lowest BCUT2D eigenvalue weighted by molar-refractivity contribution is -0.173. The molecule has 0 aromatic carbocycles. The van der Waals surface area contributed by atoms with Gasteiger partial charge in [-0.2, -0.15) is 13.2 Å². The second kappa shape index (κ2) is 2.98. The molecular weight excluding hydrogens is 161 g/mol. The van der Waals surface area contributed by atoms with Gasteiger partial charge in [-0.05, 0) is 6.42 Å². The lowest BCUT2D eigenvalue weighted by atomic mass is 10.1. The first-order chi connectivity index (χ1) is 5.04. The fraction of sp³-hybridized carbons (Fsp3) is 1.00. The fourth-order valence-electron chi connectivity index (χ4n) is 1.06. The molecule has 0 bridgehead atoms. The predicted molar refractivity (Wildman–Crippen MR) is 31.0 cm³/mol. The molecule has 5 heteroatoms. The molecule has 11 heavy (non-hydrogen) atoms. The van der Waals surface area contributed by atoms with Gasteiger partial charge in [0.2, 0.25) is 0 Å². The monoisotopic (exact) mass is 170 g/mol. The standard InChI is InChI=1S/C6H9F3O2/c7-6(8,9)4-1-5(2-10)11-3-4/h4-5,10H,1-3H2/t4-,5+/m0/s1. The second-order valence-electron chi connectivity index (χ2n) is 2.61. The van der Waals surface area contributed by atoms with E-state index in [0.29, 0.717) is 0 Å². The second-order valence-corrected chi connectivity index (χ2v) is 2.61. The van der Waals surface area contributed by atoms with E-state index in [1.54, 1.807) is 0 Å². The molecule has 66 valence electrons. The van der Waals surface area contributed by atoms with Crippen LogP contribution in [0, 0.1) is 5.92 Å². The highest BCUT2D eigenvalue weighted by Gasteiger charge is 2.44. The zero-order valence-electron chi connectivity index (χ0n) is 5.77. The molecule has 1 fully saturated rings. The summed E-state index contributed by atoms with van der Waals surface area (Å²) in [6.45, 7) is -0.638. The summed E-state index contributed by atoms with van der Waals surface area (Å²) in [6, 6.07) is 0. The van der Waals surface area contributed by atoms with E-state index >= 15 is 0 Å². The maximum absolute atomic E-state index is 11.9. The van der Waals surface area contributed by atoms with Crippen molar-refractivity contribution in [2.24, 2.45) is 5.92 Å². The van der Waals surface area contributed by atoms with E-state index in [2.05, 4.69) is 4.74 Å². The average molecular weight is 170 g/mol. The molecule has 0 unspecified atom stereocenters. The zero-order valence-corrected chi connectivity index (χ0v) is 5.77. The van der Waals surface area contributed by atoms with E-state index in [9.17, 15) is 13.2 Å². The third kappa shape index (κ3) is 2.07. The van der Waals surface area contributed by atoms with Crippen molar-refractivity contribution in [2.75, 3.05) is 13.2 Å². The summed E-state index contributed by atoms with van der Waals surface area (Å²) in [5.74, 6) is -1.39. The Bertz CT molecular complexity index is 134. The van der Waals surface area contributed by atoms with E-state index in [1.165, 1.54) is 0 Å². The van der Waals surface area contributed by atoms with Crippen molar-refractivity contribution in [1.82, 2.24) is 0 Å². The molecule has 1 heterocycles. The van der Waals surface area contributed by atoms with Crippen LogP contribution in [0.4, 0.5) is 13.2 Å². The molecule has 1 aliphatic rings. The van der Waals surface area contributed by atoms with Crippen LogP contribution >= 0.6 is 0 Å². The largest absolute Gasteiger partial charge is 0.394 e. The van der Waals surface area contributed by atoms with Gasteiger partial charge < -0.3 is 9.84 Å². The molecule has 0 aromatic rings. The Balaban J connectivity index is 2.42. The van der Waals surface area contributed by atoms with Crippen molar-refractivity contribution < 1.29 is 23.0 Å². The van der Waals surface area contributed by atoms with Crippen molar-refractivity contribution in [3.8, 4) is 0 Å². The van der Waals surface area contributed by atoms with E-state index in [-0.39, 0.29) is 19.6 Å². The van der Waals surface area contributed by atoms with Gasteiger partial charge in [0.25, 0.3) is 0 Å². The van der Waals surface area contributed by atoms with Crippen LogP contribution in [0.15, 0.2) is 0 Å². The number of ether oxygens (including phenoxy) is 1. The molecule has 2 atom stereocenters. The van der Waals surface area contributed by atoms with Gasteiger partial charge in [0, 0.05) is 0 Å². The fourth-order valence-corrected chi connectivity index (χ4v) is 1.06. The highest BCUT2D eigenvalue weighted by Crippen LogP contribution is 2.34. The highest BCUT2D eigenvalue weighted by molar-refractivity contribution is 4.77. The average Bonchev–Trinajstić information content (AvgIpc) is 2.32. The minimum Gasteiger partial charge on any atom is -0.394 e. The lowest BCUT2D eigenvalue weighted by Gasteiger charge is -2.11. The predicted octanol–water partition coefficient (Wildman–Crippen LogP) is 0.946. The molecule has 1 saturated heterocycles. The summed E-state index contributed by atoms with van der Waals surface area (Å²) in [7, 11) is 0. The molecule has 0 aliphatic carbocycles. The van der Waals surface area contributed by atoms with Gasteiger partial charge in [0.1, 0.15) is 0 Å². The van der Waals surface area contributed by atoms with Crippen molar-refractivity contribution in [3.05, 3.63) is 0 Å². The number of aliphatic hydroxyl groups excluding tert-OH is 1. The van der Waals surface area contributed by atoms with Gasteiger partial charge in [-0.1, -0.05) is 0 Å². The molecule has 0 saturated carbocycles. The molecule has 1 aliphatic heterocycles. The number of alkyl halides is 3. The Labute approximate surface area is 62.0 Å². The Morgan fingerprint density at radius 3 is 2.36 bits per heavy atom. The first kappa shape index (κ1) is 8.80. The normalized spacial score (nSPS) is 32.7. The number of hydrogen-bond donors (Lipinski definition) is 1. The first-order valence-corrected chi connectivity index (χ1v) is 3.33. The molecule has 0 spiro atoms. The number of halogens is 3. The van der Waals surface area contributed by atoms with Gasteiger partial charge >= 0.3 is 6.18 Å². The van der Waals surface area contributed by atoms with Gasteiger partial charge in [-0.3, -0.25) is 0 Å². The molecule has 0 radical (unpaired) electrons.